The second-order valence-corrected chi connectivity index (χ2v) is 7.58. The molecule has 0 saturated carbocycles. The van der Waals surface area contributed by atoms with E-state index in [9.17, 15) is 8.42 Å². The van der Waals surface area contributed by atoms with Gasteiger partial charge in [0.2, 0.25) is 0 Å². The smallest absolute Gasteiger partial charge is 0.184 e. The van der Waals surface area contributed by atoms with Crippen LogP contribution in [0, 0.1) is 0 Å². The molecular weight excluding hydrogens is 284 g/mol. The molecule has 1 heterocycles. The number of rotatable bonds is 3. The van der Waals surface area contributed by atoms with E-state index < -0.39 is 21.2 Å². The minimum absolute atomic E-state index is 0.0568. The SMILES string of the molecule is C[C@@H]1C[C@@H](S(=O)(=O)c2ccccc2)[C@H](c2ccccc2)O1. The van der Waals surface area contributed by atoms with E-state index in [-0.39, 0.29) is 6.10 Å². The van der Waals surface area contributed by atoms with Crippen LogP contribution in [0.3, 0.4) is 0 Å². The molecule has 3 nitrogen and oxygen atoms in total. The Hall–Kier alpha value is -1.65. The molecule has 0 amide bonds. The molecule has 4 heteroatoms. The highest BCUT2D eigenvalue weighted by atomic mass is 32.2. The standard InChI is InChI=1S/C17H18O3S/c1-13-12-16(17(20-13)14-8-4-2-5-9-14)21(18,19)15-10-6-3-7-11-15/h2-11,13,16-17H,12H2,1H3/t13-,16-,17+/m1/s1. The number of hydrogen-bond acceptors (Lipinski definition) is 3. The number of sulfone groups is 1. The van der Waals surface area contributed by atoms with Gasteiger partial charge >= 0.3 is 0 Å². The van der Waals surface area contributed by atoms with Crippen molar-refractivity contribution < 1.29 is 13.2 Å². The van der Waals surface area contributed by atoms with Crippen LogP contribution in [-0.4, -0.2) is 19.8 Å². The molecule has 21 heavy (non-hydrogen) atoms. The third-order valence-electron chi connectivity index (χ3n) is 3.88. The molecule has 2 aromatic rings. The van der Waals surface area contributed by atoms with E-state index in [1.54, 1.807) is 24.3 Å². The summed E-state index contributed by atoms with van der Waals surface area (Å²) in [6.45, 7) is 1.93. The van der Waals surface area contributed by atoms with E-state index >= 15 is 0 Å². The molecule has 0 radical (unpaired) electrons. The van der Waals surface area contributed by atoms with Crippen molar-refractivity contribution in [2.75, 3.05) is 0 Å². The van der Waals surface area contributed by atoms with Crippen molar-refractivity contribution in [1.82, 2.24) is 0 Å². The molecule has 1 saturated heterocycles. The highest BCUT2D eigenvalue weighted by molar-refractivity contribution is 7.92. The molecule has 1 fully saturated rings. The molecule has 110 valence electrons. The maximum absolute atomic E-state index is 12.9. The van der Waals surface area contributed by atoms with Crippen molar-refractivity contribution in [3.63, 3.8) is 0 Å². The van der Waals surface area contributed by atoms with E-state index in [1.165, 1.54) is 0 Å². The van der Waals surface area contributed by atoms with Gasteiger partial charge in [-0.1, -0.05) is 48.5 Å². The Labute approximate surface area is 125 Å². The van der Waals surface area contributed by atoms with Gasteiger partial charge in [-0.25, -0.2) is 8.42 Å². The van der Waals surface area contributed by atoms with Gasteiger partial charge < -0.3 is 4.74 Å². The van der Waals surface area contributed by atoms with Crippen LogP contribution in [0.4, 0.5) is 0 Å². The first kappa shape index (κ1) is 14.3. The Morgan fingerprint density at radius 2 is 1.52 bits per heavy atom. The molecule has 2 aromatic carbocycles. The molecule has 1 aliphatic rings. The fraction of sp³-hybridized carbons (Fsp3) is 0.294. The van der Waals surface area contributed by atoms with Crippen LogP contribution in [-0.2, 0) is 14.6 Å². The molecule has 0 aromatic heterocycles. The fourth-order valence-electron chi connectivity index (χ4n) is 2.85. The molecule has 1 aliphatic heterocycles. The number of ether oxygens (including phenoxy) is 1. The first-order chi connectivity index (χ1) is 10.1. The van der Waals surface area contributed by atoms with Crippen molar-refractivity contribution in [3.05, 3.63) is 66.2 Å². The molecule has 0 unspecified atom stereocenters. The summed E-state index contributed by atoms with van der Waals surface area (Å²) in [5.41, 5.74) is 0.923. The first-order valence-electron chi connectivity index (χ1n) is 7.08. The van der Waals surface area contributed by atoms with E-state index in [0.717, 1.165) is 5.56 Å². The van der Waals surface area contributed by atoms with E-state index in [1.807, 2.05) is 43.3 Å². The molecule has 0 N–H and O–H groups in total. The van der Waals surface area contributed by atoms with Crippen molar-refractivity contribution in [2.24, 2.45) is 0 Å². The van der Waals surface area contributed by atoms with Crippen LogP contribution < -0.4 is 0 Å². The molecule has 0 aliphatic carbocycles. The third kappa shape index (κ3) is 2.74. The summed E-state index contributed by atoms with van der Waals surface area (Å²) in [6.07, 6.45) is 0.0710. The summed E-state index contributed by atoms with van der Waals surface area (Å²) in [5, 5.41) is -0.530. The van der Waals surface area contributed by atoms with E-state index in [2.05, 4.69) is 0 Å². The predicted octanol–water partition coefficient (Wildman–Crippen LogP) is 3.38. The van der Waals surface area contributed by atoms with Gasteiger partial charge in [0, 0.05) is 0 Å². The van der Waals surface area contributed by atoms with Crippen LogP contribution in [0.5, 0.6) is 0 Å². The molecule has 3 atom stereocenters. The van der Waals surface area contributed by atoms with Crippen molar-refractivity contribution in [1.29, 1.82) is 0 Å². The predicted molar refractivity (Wildman–Crippen MR) is 81.8 cm³/mol. The monoisotopic (exact) mass is 302 g/mol. The Morgan fingerprint density at radius 3 is 2.14 bits per heavy atom. The summed E-state index contributed by atoms with van der Waals surface area (Å²) >= 11 is 0. The van der Waals surface area contributed by atoms with Crippen molar-refractivity contribution in [3.8, 4) is 0 Å². The Morgan fingerprint density at radius 1 is 0.952 bits per heavy atom. The van der Waals surface area contributed by atoms with Crippen LogP contribution in [0.1, 0.15) is 25.0 Å². The summed E-state index contributed by atoms with van der Waals surface area (Å²) in [4.78, 5) is 0.369. The minimum atomic E-state index is -3.39. The molecule has 3 rings (SSSR count). The van der Waals surface area contributed by atoms with Crippen molar-refractivity contribution >= 4 is 9.84 Å². The summed E-state index contributed by atoms with van der Waals surface area (Å²) in [7, 11) is -3.39. The summed E-state index contributed by atoms with van der Waals surface area (Å²) in [6, 6.07) is 18.2. The topological polar surface area (TPSA) is 43.4 Å². The lowest BCUT2D eigenvalue weighted by atomic mass is 10.1. The lowest BCUT2D eigenvalue weighted by Gasteiger charge is -2.19. The largest absolute Gasteiger partial charge is 0.369 e. The third-order valence-corrected chi connectivity index (χ3v) is 6.05. The summed E-state index contributed by atoms with van der Waals surface area (Å²) in [5.74, 6) is 0. The Bertz CT molecular complexity index is 695. The van der Waals surface area contributed by atoms with Gasteiger partial charge in [0.1, 0.15) is 6.10 Å². The molecule has 0 bridgehead atoms. The van der Waals surface area contributed by atoms with Crippen LogP contribution in [0.25, 0.3) is 0 Å². The van der Waals surface area contributed by atoms with Gasteiger partial charge in [0.25, 0.3) is 0 Å². The average Bonchev–Trinajstić information content (AvgIpc) is 2.92. The van der Waals surface area contributed by atoms with Crippen LogP contribution in [0.15, 0.2) is 65.6 Å². The van der Waals surface area contributed by atoms with Crippen molar-refractivity contribution in [2.45, 2.75) is 35.7 Å². The van der Waals surface area contributed by atoms with Gasteiger partial charge in [-0.15, -0.1) is 0 Å². The van der Waals surface area contributed by atoms with Gasteiger partial charge in [0.15, 0.2) is 9.84 Å². The lowest BCUT2D eigenvalue weighted by molar-refractivity contribution is 0.0562. The second kappa shape index (κ2) is 5.62. The second-order valence-electron chi connectivity index (χ2n) is 5.41. The molecular formula is C17H18O3S. The highest BCUT2D eigenvalue weighted by Crippen LogP contribution is 2.39. The number of benzene rings is 2. The van der Waals surface area contributed by atoms with E-state index in [4.69, 9.17) is 4.74 Å². The van der Waals surface area contributed by atoms with Gasteiger partial charge in [-0.2, -0.15) is 0 Å². The van der Waals surface area contributed by atoms with Gasteiger partial charge in [-0.3, -0.25) is 0 Å². The lowest BCUT2D eigenvalue weighted by Crippen LogP contribution is -2.25. The normalized spacial score (nSPS) is 25.9. The zero-order chi connectivity index (χ0) is 14.9. The van der Waals surface area contributed by atoms with Crippen LogP contribution in [0.2, 0.25) is 0 Å². The van der Waals surface area contributed by atoms with E-state index in [0.29, 0.717) is 11.3 Å². The Balaban J connectivity index is 2.00. The molecule has 0 spiro atoms. The minimum Gasteiger partial charge on any atom is -0.369 e. The highest BCUT2D eigenvalue weighted by Gasteiger charge is 2.43. The zero-order valence-corrected chi connectivity index (χ0v) is 12.7. The zero-order valence-electron chi connectivity index (χ0n) is 11.8. The average molecular weight is 302 g/mol. The maximum Gasteiger partial charge on any atom is 0.184 e. The summed E-state index contributed by atoms with van der Waals surface area (Å²) < 4.78 is 31.7. The van der Waals surface area contributed by atoms with Crippen LogP contribution >= 0.6 is 0 Å². The first-order valence-corrected chi connectivity index (χ1v) is 8.63. The maximum atomic E-state index is 12.9. The fourth-order valence-corrected chi connectivity index (χ4v) is 4.81. The number of hydrogen-bond donors (Lipinski definition) is 0. The van der Waals surface area contributed by atoms with Gasteiger partial charge in [-0.05, 0) is 31.0 Å². The Kier molecular flexibility index (Phi) is 3.83. The quantitative estimate of drug-likeness (QED) is 0.873. The van der Waals surface area contributed by atoms with Gasteiger partial charge in [0.05, 0.1) is 16.2 Å².